The quantitative estimate of drug-likeness (QED) is 0.765. The fourth-order valence-electron chi connectivity index (χ4n) is 0.783. The molecule has 3 N–H and O–H groups in total. The maximum Gasteiger partial charge on any atom is 0.272 e. The number of carbonyl (C=O) groups is 1. The van der Waals surface area contributed by atoms with Crippen molar-refractivity contribution in [1.82, 2.24) is 4.89 Å². The van der Waals surface area contributed by atoms with Crippen molar-refractivity contribution in [1.29, 1.82) is 0 Å². The van der Waals surface area contributed by atoms with Crippen LogP contribution in [0, 0.1) is 6.92 Å². The summed E-state index contributed by atoms with van der Waals surface area (Å²) in [6, 6.07) is 1.41. The van der Waals surface area contributed by atoms with Crippen LogP contribution in [-0.2, 0) is 19.7 Å². The van der Waals surface area contributed by atoms with Gasteiger partial charge in [0.15, 0.2) is 0 Å². The molecule has 16 heavy (non-hydrogen) atoms. The maximum atomic E-state index is 11.5. The van der Waals surface area contributed by atoms with E-state index in [0.29, 0.717) is 9.90 Å². The first-order valence-corrected chi connectivity index (χ1v) is 6.68. The largest absolute Gasteiger partial charge is 0.368 e. The number of rotatable bonds is 5. The molecule has 0 bridgehead atoms. The van der Waals surface area contributed by atoms with Gasteiger partial charge in [0.05, 0.1) is 4.34 Å². The molecule has 6 nitrogen and oxygen atoms in total. The second-order valence-corrected chi connectivity index (χ2v) is 6.39. The van der Waals surface area contributed by atoms with Gasteiger partial charge in [-0.05, 0) is 18.6 Å². The third-order valence-electron chi connectivity index (χ3n) is 1.48. The Labute approximate surface area is 101 Å². The van der Waals surface area contributed by atoms with Crippen LogP contribution in [0.5, 0.6) is 0 Å². The molecule has 0 aromatic carbocycles. The highest BCUT2D eigenvalue weighted by molar-refractivity contribution is 7.91. The summed E-state index contributed by atoms with van der Waals surface area (Å²) in [5.41, 5.74) is 5.43. The Morgan fingerprint density at radius 1 is 1.69 bits per heavy atom. The predicted octanol–water partition coefficient (Wildman–Crippen LogP) is 0.405. The summed E-state index contributed by atoms with van der Waals surface area (Å²) in [7, 11) is -3.80. The Morgan fingerprint density at radius 2 is 2.31 bits per heavy atom. The highest BCUT2D eigenvalue weighted by atomic mass is 35.5. The van der Waals surface area contributed by atoms with Crippen molar-refractivity contribution in [3.63, 3.8) is 0 Å². The van der Waals surface area contributed by atoms with Gasteiger partial charge >= 0.3 is 0 Å². The van der Waals surface area contributed by atoms with E-state index in [0.717, 1.165) is 11.3 Å². The fourth-order valence-corrected chi connectivity index (χ4v) is 3.28. The lowest BCUT2D eigenvalue weighted by atomic mass is 10.4. The number of halogens is 1. The Kier molecular flexibility index (Phi) is 4.28. The van der Waals surface area contributed by atoms with Crippen LogP contribution in [0.2, 0.25) is 4.34 Å². The number of amides is 1. The molecule has 0 atom stereocenters. The smallest absolute Gasteiger partial charge is 0.272 e. The van der Waals surface area contributed by atoms with Gasteiger partial charge in [-0.25, -0.2) is 8.42 Å². The van der Waals surface area contributed by atoms with Crippen LogP contribution in [-0.4, -0.2) is 20.9 Å². The Hall–Kier alpha value is -0.670. The van der Waals surface area contributed by atoms with Gasteiger partial charge in [0.2, 0.25) is 5.91 Å². The van der Waals surface area contributed by atoms with E-state index in [1.807, 2.05) is 0 Å². The minimum Gasteiger partial charge on any atom is -0.368 e. The minimum atomic E-state index is -3.80. The molecule has 1 aromatic heterocycles. The van der Waals surface area contributed by atoms with Crippen LogP contribution < -0.4 is 10.6 Å². The van der Waals surface area contributed by atoms with Crippen LogP contribution in [0.15, 0.2) is 10.3 Å². The van der Waals surface area contributed by atoms with Crippen LogP contribution in [0.4, 0.5) is 0 Å². The zero-order valence-electron chi connectivity index (χ0n) is 8.19. The summed E-state index contributed by atoms with van der Waals surface area (Å²) in [5, 5.41) is 0. The lowest BCUT2D eigenvalue weighted by molar-refractivity contribution is -0.123. The summed E-state index contributed by atoms with van der Waals surface area (Å²) >= 11 is 6.63. The number of hydrogen-bond acceptors (Lipinski definition) is 5. The Balaban J connectivity index is 2.74. The highest BCUT2D eigenvalue weighted by Crippen LogP contribution is 2.29. The second-order valence-electron chi connectivity index (χ2n) is 2.86. The van der Waals surface area contributed by atoms with Crippen LogP contribution in [0.25, 0.3) is 0 Å². The summed E-state index contributed by atoms with van der Waals surface area (Å²) in [4.78, 5) is 16.5. The lowest BCUT2D eigenvalue weighted by Gasteiger charge is -2.02. The summed E-state index contributed by atoms with van der Waals surface area (Å²) in [6.07, 6.45) is 0. The van der Waals surface area contributed by atoms with E-state index in [-0.39, 0.29) is 4.21 Å². The molecule has 1 aromatic rings. The molecule has 0 aliphatic heterocycles. The molecule has 1 rings (SSSR count). The van der Waals surface area contributed by atoms with Crippen molar-refractivity contribution in [2.45, 2.75) is 11.1 Å². The van der Waals surface area contributed by atoms with Gasteiger partial charge in [-0.15, -0.1) is 11.3 Å². The average molecular weight is 285 g/mol. The van der Waals surface area contributed by atoms with E-state index in [2.05, 4.69) is 4.84 Å². The highest BCUT2D eigenvalue weighted by Gasteiger charge is 2.18. The van der Waals surface area contributed by atoms with E-state index in [9.17, 15) is 13.2 Å². The van der Waals surface area contributed by atoms with E-state index in [4.69, 9.17) is 17.3 Å². The molecule has 0 aliphatic carbocycles. The zero-order chi connectivity index (χ0) is 12.3. The SMILES string of the molecule is Cc1cc(S(=O)(=O)NOCC(N)=O)sc1Cl. The molecule has 0 fully saturated rings. The first-order chi connectivity index (χ1) is 7.33. The third-order valence-corrected chi connectivity index (χ3v) is 4.73. The monoisotopic (exact) mass is 284 g/mol. The number of carbonyl (C=O) groups excluding carboxylic acids is 1. The standard InChI is InChI=1S/C7H9ClN2O4S2/c1-4-2-6(15-7(4)8)16(12,13)10-14-3-5(9)11/h2,10H,3H2,1H3,(H2,9,11). The molecule has 0 unspecified atom stereocenters. The van der Waals surface area contributed by atoms with Crippen LogP contribution in [0.1, 0.15) is 5.56 Å². The van der Waals surface area contributed by atoms with Crippen molar-refractivity contribution in [3.05, 3.63) is 16.0 Å². The summed E-state index contributed by atoms with van der Waals surface area (Å²) < 4.78 is 23.5. The van der Waals surface area contributed by atoms with E-state index in [1.54, 1.807) is 11.8 Å². The molecule has 0 saturated carbocycles. The second kappa shape index (κ2) is 5.11. The van der Waals surface area contributed by atoms with Gasteiger partial charge in [0.25, 0.3) is 10.0 Å². The number of thiophene rings is 1. The van der Waals surface area contributed by atoms with Crippen molar-refractivity contribution in [2.75, 3.05) is 6.61 Å². The topological polar surface area (TPSA) is 98.5 Å². The first kappa shape index (κ1) is 13.4. The van der Waals surface area contributed by atoms with Gasteiger partial charge < -0.3 is 5.73 Å². The molecular formula is C7H9ClN2O4S2. The first-order valence-electron chi connectivity index (χ1n) is 4.01. The summed E-state index contributed by atoms with van der Waals surface area (Å²) in [5.74, 6) is -0.775. The van der Waals surface area contributed by atoms with E-state index in [1.165, 1.54) is 6.07 Å². The molecule has 9 heteroatoms. The number of primary amides is 1. The number of aryl methyl sites for hydroxylation is 1. The fraction of sp³-hybridized carbons (Fsp3) is 0.286. The molecular weight excluding hydrogens is 276 g/mol. The molecule has 0 radical (unpaired) electrons. The number of nitrogens with one attached hydrogen (secondary N) is 1. The van der Waals surface area contributed by atoms with Gasteiger partial charge in [-0.3, -0.25) is 9.63 Å². The van der Waals surface area contributed by atoms with Crippen molar-refractivity contribution in [2.24, 2.45) is 5.73 Å². The molecule has 1 amide bonds. The zero-order valence-corrected chi connectivity index (χ0v) is 10.6. The predicted molar refractivity (Wildman–Crippen MR) is 59.5 cm³/mol. The molecule has 1 heterocycles. The van der Waals surface area contributed by atoms with Crippen molar-refractivity contribution >= 4 is 38.9 Å². The maximum absolute atomic E-state index is 11.5. The van der Waals surface area contributed by atoms with Gasteiger partial charge in [0.1, 0.15) is 10.8 Å². The Bertz CT molecular complexity index is 477. The molecule has 0 saturated heterocycles. The average Bonchev–Trinajstić information content (AvgIpc) is 2.46. The number of nitrogens with two attached hydrogens (primary N) is 1. The normalized spacial score (nSPS) is 11.6. The third kappa shape index (κ3) is 3.42. The Morgan fingerprint density at radius 3 is 2.75 bits per heavy atom. The van der Waals surface area contributed by atoms with Crippen molar-refractivity contribution in [3.8, 4) is 0 Å². The van der Waals surface area contributed by atoms with E-state index >= 15 is 0 Å². The van der Waals surface area contributed by atoms with Gasteiger partial charge in [0, 0.05) is 0 Å². The lowest BCUT2D eigenvalue weighted by Crippen LogP contribution is -2.29. The van der Waals surface area contributed by atoms with Crippen LogP contribution >= 0.6 is 22.9 Å². The van der Waals surface area contributed by atoms with Gasteiger partial charge in [-0.1, -0.05) is 16.5 Å². The summed E-state index contributed by atoms with van der Waals surface area (Å²) in [6.45, 7) is 1.15. The van der Waals surface area contributed by atoms with Crippen LogP contribution in [0.3, 0.4) is 0 Å². The molecule has 0 spiro atoms. The van der Waals surface area contributed by atoms with Crippen molar-refractivity contribution < 1.29 is 18.0 Å². The molecule has 0 aliphatic rings. The van der Waals surface area contributed by atoms with E-state index < -0.39 is 22.5 Å². The number of hydrogen-bond donors (Lipinski definition) is 2. The molecule has 90 valence electrons. The number of sulfonamides is 1. The minimum absolute atomic E-state index is 0.0134. The van der Waals surface area contributed by atoms with Gasteiger partial charge in [-0.2, -0.15) is 0 Å².